The molecule has 1 N–H and O–H groups in total. The van der Waals surface area contributed by atoms with Crippen molar-refractivity contribution in [1.82, 2.24) is 10.2 Å². The summed E-state index contributed by atoms with van der Waals surface area (Å²) >= 11 is 0.982. The first-order chi connectivity index (χ1) is 9.67. The van der Waals surface area contributed by atoms with Gasteiger partial charge in [0.2, 0.25) is 0 Å². The zero-order chi connectivity index (χ0) is 14.4. The Kier molecular flexibility index (Phi) is 5.00. The average molecular weight is 294 g/mol. The molecule has 0 aliphatic rings. The van der Waals surface area contributed by atoms with E-state index in [2.05, 4.69) is 17.1 Å². The zero-order valence-corrected chi connectivity index (χ0v) is 11.7. The predicted molar refractivity (Wildman–Crippen MR) is 72.8 cm³/mol. The molecular weight excluding hydrogens is 280 g/mol. The van der Waals surface area contributed by atoms with Gasteiger partial charge in [-0.3, -0.25) is 4.79 Å². The number of rotatable bonds is 7. The predicted octanol–water partition coefficient (Wildman–Crippen LogP) is 2.39. The summed E-state index contributed by atoms with van der Waals surface area (Å²) in [7, 11) is 0. The lowest BCUT2D eigenvalue weighted by Gasteiger charge is -2.04. The Balaban J connectivity index is 1.88. The molecule has 1 heterocycles. The molecule has 0 aliphatic carbocycles. The Bertz CT molecular complexity index is 585. The van der Waals surface area contributed by atoms with Crippen molar-refractivity contribution in [1.29, 1.82) is 0 Å². The van der Waals surface area contributed by atoms with Crippen molar-refractivity contribution in [3.8, 4) is 5.75 Å². The van der Waals surface area contributed by atoms with Crippen LogP contribution in [-0.2, 0) is 17.8 Å². The molecule has 1 aromatic carbocycles. The SMILES string of the molecule is CCc1cccc(OCc2nnc(SCC(=O)O)o2)c1. The van der Waals surface area contributed by atoms with Crippen molar-refractivity contribution in [3.05, 3.63) is 35.7 Å². The smallest absolute Gasteiger partial charge is 0.314 e. The molecule has 0 saturated carbocycles. The summed E-state index contributed by atoms with van der Waals surface area (Å²) in [6.45, 7) is 2.23. The molecule has 1 aromatic heterocycles. The average Bonchev–Trinajstić information content (AvgIpc) is 2.91. The van der Waals surface area contributed by atoms with Gasteiger partial charge >= 0.3 is 5.97 Å². The summed E-state index contributed by atoms with van der Waals surface area (Å²) in [6.07, 6.45) is 0.938. The summed E-state index contributed by atoms with van der Waals surface area (Å²) in [5, 5.41) is 16.3. The summed E-state index contributed by atoms with van der Waals surface area (Å²) in [4.78, 5) is 10.4. The van der Waals surface area contributed by atoms with Crippen LogP contribution in [0.25, 0.3) is 0 Å². The van der Waals surface area contributed by atoms with Gasteiger partial charge in [0.25, 0.3) is 11.1 Å². The standard InChI is InChI=1S/C13H14N2O4S/c1-2-9-4-3-5-10(6-9)18-7-11-14-15-13(19-11)20-8-12(16)17/h3-6H,2,7-8H2,1H3,(H,16,17). The van der Waals surface area contributed by atoms with Crippen molar-refractivity contribution in [2.24, 2.45) is 0 Å². The molecule has 0 unspecified atom stereocenters. The highest BCUT2D eigenvalue weighted by Crippen LogP contribution is 2.18. The number of aliphatic carboxylic acids is 1. The molecule has 2 rings (SSSR count). The Morgan fingerprint density at radius 2 is 2.30 bits per heavy atom. The first kappa shape index (κ1) is 14.4. The second kappa shape index (κ2) is 6.95. The van der Waals surface area contributed by atoms with Crippen LogP contribution in [0.4, 0.5) is 0 Å². The number of hydrogen-bond donors (Lipinski definition) is 1. The molecule has 20 heavy (non-hydrogen) atoms. The van der Waals surface area contributed by atoms with E-state index in [-0.39, 0.29) is 17.6 Å². The largest absolute Gasteiger partial charge is 0.484 e. The monoisotopic (exact) mass is 294 g/mol. The van der Waals surface area contributed by atoms with Crippen molar-refractivity contribution in [3.63, 3.8) is 0 Å². The third kappa shape index (κ3) is 4.27. The van der Waals surface area contributed by atoms with E-state index >= 15 is 0 Å². The van der Waals surface area contributed by atoms with Crippen LogP contribution in [0.1, 0.15) is 18.4 Å². The van der Waals surface area contributed by atoms with E-state index in [1.807, 2.05) is 24.3 Å². The minimum atomic E-state index is -0.928. The van der Waals surface area contributed by atoms with Gasteiger partial charge in [0.15, 0.2) is 6.61 Å². The van der Waals surface area contributed by atoms with E-state index in [0.717, 1.165) is 23.9 Å². The van der Waals surface area contributed by atoms with Gasteiger partial charge in [0, 0.05) is 0 Å². The Hall–Kier alpha value is -2.02. The molecule has 106 valence electrons. The molecule has 2 aromatic rings. The number of ether oxygens (including phenoxy) is 1. The summed E-state index contributed by atoms with van der Waals surface area (Å²) in [6, 6.07) is 7.77. The van der Waals surface area contributed by atoms with Crippen LogP contribution in [0.5, 0.6) is 5.75 Å². The van der Waals surface area contributed by atoms with Gasteiger partial charge in [0.1, 0.15) is 11.5 Å². The fourth-order valence-electron chi connectivity index (χ4n) is 1.48. The van der Waals surface area contributed by atoms with Crippen molar-refractivity contribution < 1.29 is 19.1 Å². The van der Waals surface area contributed by atoms with E-state index < -0.39 is 5.97 Å². The van der Waals surface area contributed by atoms with Crippen LogP contribution in [0.15, 0.2) is 33.9 Å². The van der Waals surface area contributed by atoms with E-state index in [4.69, 9.17) is 14.3 Å². The van der Waals surface area contributed by atoms with Crippen LogP contribution in [0, 0.1) is 0 Å². The first-order valence-electron chi connectivity index (χ1n) is 6.06. The topological polar surface area (TPSA) is 85.5 Å². The second-order valence-electron chi connectivity index (χ2n) is 3.93. The molecule has 0 spiro atoms. The fourth-order valence-corrected chi connectivity index (χ4v) is 1.98. The number of hydrogen-bond acceptors (Lipinski definition) is 6. The van der Waals surface area contributed by atoms with E-state index in [1.54, 1.807) is 0 Å². The van der Waals surface area contributed by atoms with Gasteiger partial charge in [-0.05, 0) is 24.1 Å². The van der Waals surface area contributed by atoms with Gasteiger partial charge in [-0.1, -0.05) is 30.8 Å². The number of carboxylic acids is 1. The molecule has 0 fully saturated rings. The number of nitrogens with zero attached hydrogens (tertiary/aromatic N) is 2. The lowest BCUT2D eigenvalue weighted by molar-refractivity contribution is -0.133. The Labute approximate surface area is 120 Å². The number of thioether (sulfide) groups is 1. The molecule has 7 heteroatoms. The van der Waals surface area contributed by atoms with Crippen LogP contribution in [-0.4, -0.2) is 27.0 Å². The minimum Gasteiger partial charge on any atom is -0.484 e. The summed E-state index contributed by atoms with van der Waals surface area (Å²) in [5.74, 6) is 0.0190. The van der Waals surface area contributed by atoms with Gasteiger partial charge in [-0.15, -0.1) is 10.2 Å². The van der Waals surface area contributed by atoms with Crippen LogP contribution in [0.3, 0.4) is 0 Å². The number of carbonyl (C=O) groups is 1. The summed E-state index contributed by atoms with van der Waals surface area (Å²) < 4.78 is 10.8. The van der Waals surface area contributed by atoms with E-state index in [0.29, 0.717) is 5.89 Å². The zero-order valence-electron chi connectivity index (χ0n) is 10.9. The molecule has 0 aliphatic heterocycles. The van der Waals surface area contributed by atoms with E-state index in [9.17, 15) is 4.79 Å². The highest BCUT2D eigenvalue weighted by atomic mass is 32.2. The van der Waals surface area contributed by atoms with Crippen LogP contribution >= 0.6 is 11.8 Å². The van der Waals surface area contributed by atoms with Crippen molar-refractivity contribution in [2.75, 3.05) is 5.75 Å². The van der Waals surface area contributed by atoms with Crippen LogP contribution < -0.4 is 4.74 Å². The lowest BCUT2D eigenvalue weighted by Crippen LogP contribution is -1.97. The van der Waals surface area contributed by atoms with E-state index in [1.165, 1.54) is 5.56 Å². The highest BCUT2D eigenvalue weighted by Gasteiger charge is 2.09. The molecule has 6 nitrogen and oxygen atoms in total. The fraction of sp³-hybridized carbons (Fsp3) is 0.308. The third-order valence-corrected chi connectivity index (χ3v) is 3.24. The quantitative estimate of drug-likeness (QED) is 0.785. The summed E-state index contributed by atoms with van der Waals surface area (Å²) in [5.41, 5.74) is 1.19. The van der Waals surface area contributed by atoms with Gasteiger partial charge < -0.3 is 14.3 Å². The van der Waals surface area contributed by atoms with Crippen molar-refractivity contribution in [2.45, 2.75) is 25.2 Å². The number of aromatic nitrogens is 2. The number of aryl methyl sites for hydroxylation is 1. The second-order valence-corrected chi connectivity index (χ2v) is 4.86. The maximum atomic E-state index is 10.4. The molecular formula is C13H14N2O4S. The maximum Gasteiger partial charge on any atom is 0.314 e. The molecule has 0 saturated heterocycles. The Morgan fingerprint density at radius 1 is 1.45 bits per heavy atom. The van der Waals surface area contributed by atoms with Gasteiger partial charge in [-0.25, -0.2) is 0 Å². The van der Waals surface area contributed by atoms with Gasteiger partial charge in [0.05, 0.1) is 0 Å². The molecule has 0 radical (unpaired) electrons. The van der Waals surface area contributed by atoms with Gasteiger partial charge in [-0.2, -0.15) is 0 Å². The Morgan fingerprint density at radius 3 is 3.05 bits per heavy atom. The first-order valence-corrected chi connectivity index (χ1v) is 7.04. The molecule has 0 atom stereocenters. The molecule has 0 bridgehead atoms. The normalized spacial score (nSPS) is 10.4. The maximum absolute atomic E-state index is 10.4. The lowest BCUT2D eigenvalue weighted by atomic mass is 10.2. The van der Waals surface area contributed by atoms with Crippen LogP contribution in [0.2, 0.25) is 0 Å². The number of carboxylic acid groups (broad SMARTS) is 1. The highest BCUT2D eigenvalue weighted by molar-refractivity contribution is 7.99. The van der Waals surface area contributed by atoms with Crippen molar-refractivity contribution >= 4 is 17.7 Å². The minimum absolute atomic E-state index is 0.110. The number of benzene rings is 1. The third-order valence-electron chi connectivity index (χ3n) is 2.44. The molecule has 0 amide bonds.